The maximum atomic E-state index is 12.4. The van der Waals surface area contributed by atoms with Crippen molar-refractivity contribution in [2.45, 2.75) is 6.42 Å². The molecule has 2 bridgehead atoms. The summed E-state index contributed by atoms with van der Waals surface area (Å²) in [5.74, 6) is -1.04. The molecule has 0 heterocycles. The number of ether oxygens (including phenoxy) is 3. The van der Waals surface area contributed by atoms with Crippen molar-refractivity contribution >= 4 is 23.2 Å². The van der Waals surface area contributed by atoms with Crippen LogP contribution in [0, 0.1) is 23.7 Å². The quantitative estimate of drug-likeness (QED) is 0.826. The van der Waals surface area contributed by atoms with Gasteiger partial charge in [-0.15, -0.1) is 0 Å². The second-order valence-corrected chi connectivity index (χ2v) is 6.39. The minimum Gasteiger partial charge on any atom is -0.497 e. The summed E-state index contributed by atoms with van der Waals surface area (Å²) in [6.45, 7) is 0. The van der Waals surface area contributed by atoms with Crippen molar-refractivity contribution in [1.82, 2.24) is 0 Å². The fourth-order valence-electron chi connectivity index (χ4n) is 4.25. The van der Waals surface area contributed by atoms with Crippen molar-refractivity contribution in [3.8, 4) is 5.75 Å². The molecule has 25 heavy (non-hydrogen) atoms. The van der Waals surface area contributed by atoms with E-state index in [9.17, 15) is 9.59 Å². The molecule has 2 unspecified atom stereocenters. The largest absolute Gasteiger partial charge is 0.497 e. The van der Waals surface area contributed by atoms with Crippen LogP contribution in [0.25, 0.3) is 5.57 Å². The monoisotopic (exact) mass is 345 g/mol. The van der Waals surface area contributed by atoms with Crippen molar-refractivity contribution in [3.63, 3.8) is 0 Å². The van der Waals surface area contributed by atoms with E-state index in [1.54, 1.807) is 7.11 Å². The Labute approximate surface area is 147 Å². The van der Waals surface area contributed by atoms with Crippen molar-refractivity contribution < 1.29 is 23.8 Å². The summed E-state index contributed by atoms with van der Waals surface area (Å²) < 4.78 is 15.3. The van der Waals surface area contributed by atoms with Gasteiger partial charge in [0.1, 0.15) is 5.75 Å². The Hall–Kier alpha value is -2.50. The second-order valence-electron chi connectivity index (χ2n) is 6.39. The third kappa shape index (κ3) is 2.75. The first kappa shape index (κ1) is 17.3. The topological polar surface area (TPSA) is 73.9 Å². The highest BCUT2D eigenvalue weighted by Crippen LogP contribution is 2.56. The van der Waals surface area contributed by atoms with Crippen LogP contribution in [0.1, 0.15) is 12.0 Å². The second kappa shape index (κ2) is 6.78. The van der Waals surface area contributed by atoms with Gasteiger partial charge in [0.05, 0.1) is 33.2 Å². The average molecular weight is 345 g/mol. The predicted octanol–water partition coefficient (Wildman–Crippen LogP) is 2.35. The number of hydrogen-bond acceptors (Lipinski definition) is 6. The first-order valence-electron chi connectivity index (χ1n) is 8.29. The maximum absolute atomic E-state index is 12.4. The Morgan fingerprint density at radius 1 is 1.08 bits per heavy atom. The number of benzene rings is 1. The molecule has 0 aliphatic heterocycles. The van der Waals surface area contributed by atoms with E-state index in [0.717, 1.165) is 29.0 Å². The van der Waals surface area contributed by atoms with Gasteiger partial charge in [-0.05, 0) is 42.0 Å². The van der Waals surface area contributed by atoms with Gasteiger partial charge in [0, 0.05) is 18.3 Å². The zero-order valence-electron chi connectivity index (χ0n) is 14.9. The molecule has 1 N–H and O–H groups in total. The SMILES string of the molecule is CNc1ccc(OC)cc1C1=CC2CC1[C@H](C(=O)OC)[C@@H]2C(=O)OC. The van der Waals surface area contributed by atoms with Crippen LogP contribution in [0.3, 0.4) is 0 Å². The number of methoxy groups -OCH3 is 3. The third-order valence-electron chi connectivity index (χ3n) is 5.35. The molecule has 0 radical (unpaired) electrons. The van der Waals surface area contributed by atoms with Crippen LogP contribution < -0.4 is 10.1 Å². The number of rotatable bonds is 5. The van der Waals surface area contributed by atoms with Gasteiger partial charge in [0.15, 0.2) is 0 Å². The molecule has 0 spiro atoms. The minimum atomic E-state index is -0.515. The lowest BCUT2D eigenvalue weighted by Crippen LogP contribution is -2.35. The van der Waals surface area contributed by atoms with Crippen LogP contribution in [0.15, 0.2) is 24.3 Å². The number of esters is 2. The predicted molar refractivity (Wildman–Crippen MR) is 93.1 cm³/mol. The Bertz CT molecular complexity index is 727. The van der Waals surface area contributed by atoms with Crippen LogP contribution in [-0.4, -0.2) is 40.3 Å². The number of allylic oxidation sites excluding steroid dienone is 2. The van der Waals surface area contributed by atoms with Crippen LogP contribution in [0.4, 0.5) is 5.69 Å². The van der Waals surface area contributed by atoms with E-state index in [2.05, 4.69) is 11.4 Å². The molecular weight excluding hydrogens is 322 g/mol. The van der Waals surface area contributed by atoms with Crippen molar-refractivity contribution in [3.05, 3.63) is 29.8 Å². The minimum absolute atomic E-state index is 0.0209. The first-order valence-corrected chi connectivity index (χ1v) is 8.29. The average Bonchev–Trinajstić information content (AvgIpc) is 3.24. The number of carbonyl (C=O) groups is 2. The Morgan fingerprint density at radius 3 is 2.36 bits per heavy atom. The molecule has 2 aliphatic carbocycles. The number of carbonyl (C=O) groups excluding carboxylic acids is 2. The molecule has 3 rings (SSSR count). The number of anilines is 1. The highest BCUT2D eigenvalue weighted by atomic mass is 16.5. The van der Waals surface area contributed by atoms with E-state index in [4.69, 9.17) is 14.2 Å². The number of fused-ring (bicyclic) bond motifs is 2. The maximum Gasteiger partial charge on any atom is 0.310 e. The molecule has 0 saturated heterocycles. The van der Waals surface area contributed by atoms with E-state index in [1.807, 2.05) is 25.2 Å². The van der Waals surface area contributed by atoms with Gasteiger partial charge in [-0.1, -0.05) is 6.08 Å². The molecule has 1 fully saturated rings. The summed E-state index contributed by atoms with van der Waals surface area (Å²) in [4.78, 5) is 24.6. The molecule has 0 aromatic heterocycles. The van der Waals surface area contributed by atoms with E-state index in [0.29, 0.717) is 0 Å². The van der Waals surface area contributed by atoms with Gasteiger partial charge < -0.3 is 19.5 Å². The van der Waals surface area contributed by atoms with Crippen molar-refractivity contribution in [2.75, 3.05) is 33.7 Å². The van der Waals surface area contributed by atoms with E-state index < -0.39 is 11.8 Å². The molecule has 1 saturated carbocycles. The van der Waals surface area contributed by atoms with Gasteiger partial charge in [0.2, 0.25) is 0 Å². The zero-order chi connectivity index (χ0) is 18.1. The molecule has 4 atom stereocenters. The summed E-state index contributed by atoms with van der Waals surface area (Å²) in [6.07, 6.45) is 2.84. The highest BCUT2D eigenvalue weighted by molar-refractivity contribution is 5.90. The fourth-order valence-corrected chi connectivity index (χ4v) is 4.25. The summed E-state index contributed by atoms with van der Waals surface area (Å²) in [6, 6.07) is 5.80. The molecule has 0 amide bonds. The lowest BCUT2D eigenvalue weighted by atomic mass is 9.77. The summed E-state index contributed by atoms with van der Waals surface area (Å²) in [5.41, 5.74) is 3.01. The Morgan fingerprint density at radius 2 is 1.76 bits per heavy atom. The van der Waals surface area contributed by atoms with E-state index in [-0.39, 0.29) is 23.8 Å². The molecule has 2 aliphatic rings. The molecular formula is C19H23NO5. The van der Waals surface area contributed by atoms with Gasteiger partial charge in [0.25, 0.3) is 0 Å². The number of hydrogen-bond donors (Lipinski definition) is 1. The van der Waals surface area contributed by atoms with Crippen molar-refractivity contribution in [2.24, 2.45) is 23.7 Å². The smallest absolute Gasteiger partial charge is 0.310 e. The number of nitrogens with one attached hydrogen (secondary N) is 1. The van der Waals surface area contributed by atoms with Crippen LogP contribution in [0.5, 0.6) is 5.75 Å². The van der Waals surface area contributed by atoms with Gasteiger partial charge >= 0.3 is 11.9 Å². The summed E-state index contributed by atoms with van der Waals surface area (Å²) >= 11 is 0. The molecule has 134 valence electrons. The molecule has 1 aromatic rings. The summed E-state index contributed by atoms with van der Waals surface area (Å²) in [7, 11) is 6.19. The Balaban J connectivity index is 2.05. The van der Waals surface area contributed by atoms with Gasteiger partial charge in [-0.25, -0.2) is 0 Å². The van der Waals surface area contributed by atoms with Gasteiger partial charge in [-0.3, -0.25) is 9.59 Å². The standard InChI is InChI=1S/C19H23NO5/c1-20-15-6-5-11(23-2)9-13(15)12-7-10-8-14(12)17(19(22)25-4)16(10)18(21)24-3/h5-7,9-10,14,16-17,20H,8H2,1-4H3/t10?,14?,16-,17+/m1/s1. The molecule has 6 nitrogen and oxygen atoms in total. The Kier molecular flexibility index (Phi) is 4.70. The van der Waals surface area contributed by atoms with Crippen LogP contribution in [0.2, 0.25) is 0 Å². The molecule has 1 aromatic carbocycles. The first-order chi connectivity index (χ1) is 12.0. The summed E-state index contributed by atoms with van der Waals surface area (Å²) in [5, 5.41) is 3.18. The molecule has 6 heteroatoms. The van der Waals surface area contributed by atoms with Crippen LogP contribution >= 0.6 is 0 Å². The lowest BCUT2D eigenvalue weighted by Gasteiger charge is -2.28. The van der Waals surface area contributed by atoms with Crippen LogP contribution in [-0.2, 0) is 19.1 Å². The van der Waals surface area contributed by atoms with Crippen molar-refractivity contribution in [1.29, 1.82) is 0 Å². The van der Waals surface area contributed by atoms with Gasteiger partial charge in [-0.2, -0.15) is 0 Å². The lowest BCUT2D eigenvalue weighted by molar-refractivity contribution is -0.157. The highest BCUT2D eigenvalue weighted by Gasteiger charge is 2.56. The third-order valence-corrected chi connectivity index (χ3v) is 5.35. The zero-order valence-corrected chi connectivity index (χ0v) is 14.9. The normalized spacial score (nSPS) is 26.8. The fraction of sp³-hybridized carbons (Fsp3) is 0.474. The van der Waals surface area contributed by atoms with E-state index in [1.165, 1.54) is 14.2 Å². The van der Waals surface area contributed by atoms with E-state index >= 15 is 0 Å².